The number of benzene rings is 5. The number of carboxylic acid groups (broad SMARTS) is 3. The number of aromatic amines is 1. The smallest absolute Gasteiger partial charge is 0.407 e. The third-order valence-electron chi connectivity index (χ3n) is 19.9. The number of nitrogens with zero attached hydrogens (tertiary/aromatic N) is 5. The van der Waals surface area contributed by atoms with Gasteiger partial charge in [-0.3, -0.25) is 67.5 Å². The Labute approximate surface area is 620 Å². The first-order valence-corrected chi connectivity index (χ1v) is 36.4. The number of carbonyl (C=O) groups excluding carboxylic acids is 8. The minimum Gasteiger partial charge on any atom is -0.489 e. The van der Waals surface area contributed by atoms with Crippen LogP contribution in [-0.4, -0.2) is 258 Å². The Morgan fingerprint density at radius 1 is 0.533 bits per heavy atom. The van der Waals surface area contributed by atoms with E-state index in [1.165, 1.54) is 4.90 Å². The number of hydrogen-bond acceptors (Lipinski definition) is 18. The second-order valence-electron chi connectivity index (χ2n) is 27.7. The maximum absolute atomic E-state index is 15.8. The van der Waals surface area contributed by atoms with E-state index < -0.39 is 120 Å². The van der Waals surface area contributed by atoms with Gasteiger partial charge >= 0.3 is 24.0 Å². The van der Waals surface area contributed by atoms with Gasteiger partial charge in [-0.15, -0.1) is 0 Å². The average molecular weight is 1470 g/mol. The minimum atomic E-state index is -1.52. The molecule has 10 rings (SSSR count). The number of rotatable bonds is 24. The molecular weight excluding hydrogens is 1380 g/mol. The highest BCUT2D eigenvalue weighted by Crippen LogP contribution is 2.31. The topological polar surface area (TPSA) is 395 Å². The summed E-state index contributed by atoms with van der Waals surface area (Å²) in [6.45, 7) is 2.99. The summed E-state index contributed by atoms with van der Waals surface area (Å²) in [6.07, 6.45) is 0.536. The lowest BCUT2D eigenvalue weighted by Gasteiger charge is -2.33. The normalized spacial score (nSPS) is 22.3. The van der Waals surface area contributed by atoms with Crippen molar-refractivity contribution in [1.29, 1.82) is 0 Å². The fourth-order valence-electron chi connectivity index (χ4n) is 14.1. The number of carbonyl (C=O) groups is 11. The number of carboxylic acids is 3. The first kappa shape index (κ1) is 78.8. The predicted molar refractivity (Wildman–Crippen MR) is 393 cm³/mol. The Kier molecular flexibility index (Phi) is 28.7. The Hall–Kier alpha value is -10.8. The maximum Gasteiger partial charge on any atom is 0.407 e. The molecule has 0 bridgehead atoms. The summed E-state index contributed by atoms with van der Waals surface area (Å²) >= 11 is 0. The van der Waals surface area contributed by atoms with Gasteiger partial charge < -0.3 is 77.2 Å². The molecule has 0 unspecified atom stereocenters. The van der Waals surface area contributed by atoms with Crippen LogP contribution in [0.5, 0.6) is 5.75 Å². The molecule has 5 aromatic carbocycles. The van der Waals surface area contributed by atoms with Gasteiger partial charge in [0.15, 0.2) is 0 Å². The molecule has 6 aromatic rings. The highest BCUT2D eigenvalue weighted by atomic mass is 16.6. The summed E-state index contributed by atoms with van der Waals surface area (Å²) in [5, 5.41) is 53.3. The van der Waals surface area contributed by atoms with Gasteiger partial charge in [0.1, 0.15) is 54.7 Å². The lowest BCUT2D eigenvalue weighted by atomic mass is 9.89. The number of nitrogens with one attached hydrogen (secondary N) is 9. The zero-order valence-corrected chi connectivity index (χ0v) is 59.9. The number of H-pyrrole nitrogens is 1. The van der Waals surface area contributed by atoms with E-state index in [1.54, 1.807) is 118 Å². The molecule has 107 heavy (non-hydrogen) atoms. The van der Waals surface area contributed by atoms with Crippen LogP contribution in [0.1, 0.15) is 72.4 Å². The SMILES string of the molecule is C[C@@H](c1c[nH]c2ccccc12)[C@H]1NC(=O)[C@@H](c2ccccc2)NC(=O)[C@@H]2C[C@@H](OC(=O)NCCNC(=O)CN3CCN(CC(=O)O)CCN(CC(=O)O)CCN(CC(=O)O)CC3)CN2C(=O)[C@H](Cc2ccccc2)NC(=O)[C@H](Cc2ccc(OCc3ccccc3)cc2)NC(=O)[C@H](CC2CCNCC2)NC1=O. The first-order chi connectivity index (χ1) is 51.7. The van der Waals surface area contributed by atoms with Gasteiger partial charge in [0.05, 0.1) is 32.7 Å². The Morgan fingerprint density at radius 3 is 1.65 bits per heavy atom. The Balaban J connectivity index is 0.924. The van der Waals surface area contributed by atoms with Crippen LogP contribution in [0, 0.1) is 5.92 Å². The van der Waals surface area contributed by atoms with Crippen LogP contribution >= 0.6 is 0 Å². The van der Waals surface area contributed by atoms with E-state index in [4.69, 9.17) is 9.47 Å². The molecule has 1 aromatic heterocycles. The van der Waals surface area contributed by atoms with E-state index in [0.717, 1.165) is 16.5 Å². The first-order valence-electron chi connectivity index (χ1n) is 36.4. The third-order valence-corrected chi connectivity index (χ3v) is 19.9. The van der Waals surface area contributed by atoms with Crippen LogP contribution in [0.2, 0.25) is 0 Å². The van der Waals surface area contributed by atoms with Crippen LogP contribution < -0.4 is 47.3 Å². The summed E-state index contributed by atoms with van der Waals surface area (Å²) < 4.78 is 12.1. The van der Waals surface area contributed by atoms with Gasteiger partial charge in [0, 0.05) is 108 Å². The van der Waals surface area contributed by atoms with E-state index in [1.807, 2.05) is 54.6 Å². The number of aromatic nitrogens is 1. The van der Waals surface area contributed by atoms with Crippen molar-refractivity contribution >= 4 is 76.3 Å². The van der Waals surface area contributed by atoms with E-state index in [9.17, 15) is 39.3 Å². The standard InChI is InChI=1S/C77H96N14O16/c1-50(59-43-81-60-20-12-11-19-58(59)60)69-74(102)83-62(40-53-25-27-78-28-26-53)71(99)82-61(39-52-21-23-56(24-22-52)106-49-54-15-7-3-8-16-54)72(100)84-63(41-51-13-5-2-6-14-51)76(104)91-44-57(42-64(91)73(101)86-70(75(103)85-69)55-17-9-4-10-18-55)107-77(105)80-30-29-79-65(92)45-87-31-33-88(46-66(93)94)35-37-90(48-68(97)98)38-36-89(34-32-87)47-67(95)96/h2-24,43,50,53,57,61-64,69-70,78,81H,25-42,44-49H2,1H3,(H,79,92)(H,80,105)(H,82,99)(H,83,102)(H,84,100)(H,85,103)(H,86,101)(H,93,94)(H,95,96)(H,97,98)/t50-,57+,61-,62-,63-,64-,69+,70+/m0/s1. The molecule has 12 N–H and O–H groups in total. The van der Waals surface area contributed by atoms with E-state index in [-0.39, 0.29) is 130 Å². The maximum atomic E-state index is 15.8. The lowest BCUT2D eigenvalue weighted by Crippen LogP contribution is -2.61. The summed E-state index contributed by atoms with van der Waals surface area (Å²) in [4.78, 5) is 167. The largest absolute Gasteiger partial charge is 0.489 e. The van der Waals surface area contributed by atoms with Crippen LogP contribution in [0.25, 0.3) is 10.9 Å². The van der Waals surface area contributed by atoms with Crippen molar-refractivity contribution in [3.05, 3.63) is 174 Å². The number of ether oxygens (including phenoxy) is 2. The molecule has 0 spiro atoms. The highest BCUT2D eigenvalue weighted by Gasteiger charge is 2.46. The summed E-state index contributed by atoms with van der Waals surface area (Å²) in [5.41, 5.74) is 3.88. The number of fused-ring (bicyclic) bond motifs is 2. The van der Waals surface area contributed by atoms with E-state index >= 15 is 28.8 Å². The zero-order valence-electron chi connectivity index (χ0n) is 59.9. The molecule has 30 nitrogen and oxygen atoms in total. The van der Waals surface area contributed by atoms with Crippen molar-refractivity contribution in [3.8, 4) is 5.75 Å². The van der Waals surface area contributed by atoms with Crippen LogP contribution in [0.4, 0.5) is 4.79 Å². The molecule has 0 aliphatic carbocycles. The van der Waals surface area contributed by atoms with Gasteiger partial charge in [0.25, 0.3) is 0 Å². The molecule has 4 aliphatic rings. The Bertz CT molecular complexity index is 3990. The Morgan fingerprint density at radius 2 is 1.05 bits per heavy atom. The molecule has 30 heteroatoms. The summed E-state index contributed by atoms with van der Waals surface area (Å²) in [7, 11) is 0. The molecular formula is C77H96N14O16. The van der Waals surface area contributed by atoms with Crippen molar-refractivity contribution in [2.75, 3.05) is 111 Å². The monoisotopic (exact) mass is 1470 g/mol. The number of hydrogen-bond donors (Lipinski definition) is 12. The fourth-order valence-corrected chi connectivity index (χ4v) is 14.1. The van der Waals surface area contributed by atoms with Gasteiger partial charge in [-0.1, -0.05) is 128 Å². The number of amides is 8. The average Bonchev–Trinajstić information content (AvgIpc) is 1.69. The van der Waals surface area contributed by atoms with Crippen LogP contribution in [0.3, 0.4) is 0 Å². The quantitative estimate of drug-likeness (QED) is 0.0385. The zero-order chi connectivity index (χ0) is 75.8. The molecule has 4 aliphatic heterocycles. The number of aliphatic carboxylic acids is 3. The van der Waals surface area contributed by atoms with Gasteiger partial charge in [-0.2, -0.15) is 0 Å². The second-order valence-corrected chi connectivity index (χ2v) is 27.7. The van der Waals surface area contributed by atoms with Gasteiger partial charge in [-0.05, 0) is 84.3 Å². The minimum absolute atomic E-state index is 0.0570. The van der Waals surface area contributed by atoms with Crippen LogP contribution in [0.15, 0.2) is 146 Å². The van der Waals surface area contributed by atoms with Crippen molar-refractivity contribution in [2.45, 2.75) is 100 Å². The van der Waals surface area contributed by atoms with Crippen molar-refractivity contribution < 1.29 is 77.5 Å². The number of alkyl carbamates (subject to hydrolysis) is 1. The molecule has 4 saturated heterocycles. The van der Waals surface area contributed by atoms with Gasteiger partial charge in [-0.25, -0.2) is 4.79 Å². The molecule has 4 fully saturated rings. The van der Waals surface area contributed by atoms with Crippen molar-refractivity contribution in [1.82, 2.24) is 72.0 Å². The van der Waals surface area contributed by atoms with Crippen LogP contribution in [-0.2, 0) is 72.1 Å². The molecule has 0 saturated carbocycles. The molecule has 8 amide bonds. The van der Waals surface area contributed by atoms with Crippen molar-refractivity contribution in [3.63, 3.8) is 0 Å². The van der Waals surface area contributed by atoms with E-state index in [0.29, 0.717) is 53.9 Å². The van der Waals surface area contributed by atoms with Gasteiger partial charge in [0.2, 0.25) is 41.4 Å². The molecule has 0 radical (unpaired) electrons. The summed E-state index contributed by atoms with van der Waals surface area (Å²) in [6, 6.07) is 32.7. The molecule has 570 valence electrons. The second kappa shape index (κ2) is 39.0. The number of para-hydroxylation sites is 1. The fraction of sp³-hybridized carbons (Fsp3) is 0.442. The van der Waals surface area contributed by atoms with Crippen molar-refractivity contribution in [2.24, 2.45) is 5.92 Å². The lowest BCUT2D eigenvalue weighted by molar-refractivity contribution is -0.143. The van der Waals surface area contributed by atoms with E-state index in [2.05, 4.69) is 47.5 Å². The summed E-state index contributed by atoms with van der Waals surface area (Å²) in [5.74, 6) is -8.69. The highest BCUT2D eigenvalue weighted by molar-refractivity contribution is 6.00. The molecule has 8 atom stereocenters. The molecule has 5 heterocycles. The third kappa shape index (κ3) is 23.6. The predicted octanol–water partition coefficient (Wildman–Crippen LogP) is 1.82. The number of piperidine rings is 1.